The van der Waals surface area contributed by atoms with Crippen LogP contribution in [0, 0.1) is 5.82 Å². The van der Waals surface area contributed by atoms with E-state index in [1.54, 1.807) is 30.3 Å². The van der Waals surface area contributed by atoms with Crippen LogP contribution in [-0.4, -0.2) is 16.2 Å². The van der Waals surface area contributed by atoms with E-state index in [4.69, 9.17) is 14.9 Å². The molecule has 0 heterocycles. The van der Waals surface area contributed by atoms with Crippen molar-refractivity contribution in [2.24, 2.45) is 0 Å². The van der Waals surface area contributed by atoms with E-state index in [0.29, 0.717) is 11.3 Å². The van der Waals surface area contributed by atoms with Crippen molar-refractivity contribution in [3.8, 4) is 11.5 Å². The van der Waals surface area contributed by atoms with Gasteiger partial charge >= 0.3 is 5.97 Å². The Morgan fingerprint density at radius 3 is 2.48 bits per heavy atom. The first-order valence-corrected chi connectivity index (χ1v) is 6.16. The van der Waals surface area contributed by atoms with E-state index in [-0.39, 0.29) is 12.4 Å². The van der Waals surface area contributed by atoms with Crippen molar-refractivity contribution in [3.05, 3.63) is 65.5 Å². The van der Waals surface area contributed by atoms with Crippen LogP contribution in [0.5, 0.6) is 11.5 Å². The van der Waals surface area contributed by atoms with Crippen LogP contribution in [0.3, 0.4) is 0 Å². The molecule has 0 fully saturated rings. The van der Waals surface area contributed by atoms with Crippen molar-refractivity contribution in [1.29, 1.82) is 0 Å². The highest BCUT2D eigenvalue weighted by Gasteiger charge is 2.05. The third kappa shape index (κ3) is 4.15. The molecule has 2 aromatic carbocycles. The van der Waals surface area contributed by atoms with E-state index >= 15 is 0 Å². The monoisotopic (exact) mass is 288 g/mol. The molecule has 0 saturated carbocycles. The summed E-state index contributed by atoms with van der Waals surface area (Å²) in [5.74, 6) is -1.20. The van der Waals surface area contributed by atoms with Crippen molar-refractivity contribution < 1.29 is 24.1 Å². The SMILES string of the molecule is O=C(O)/C=C/c1ccc(Oc2ccc(CO)cc2)c(F)c1. The number of carboxylic acid groups (broad SMARTS) is 1. The predicted molar refractivity (Wildman–Crippen MR) is 75.5 cm³/mol. The molecular weight excluding hydrogens is 275 g/mol. The summed E-state index contributed by atoms with van der Waals surface area (Å²) in [4.78, 5) is 10.4. The van der Waals surface area contributed by atoms with Crippen LogP contribution in [-0.2, 0) is 11.4 Å². The van der Waals surface area contributed by atoms with Gasteiger partial charge in [0.05, 0.1) is 6.61 Å². The van der Waals surface area contributed by atoms with E-state index in [0.717, 1.165) is 11.6 Å². The largest absolute Gasteiger partial charge is 0.478 e. The van der Waals surface area contributed by atoms with E-state index in [1.807, 2.05) is 0 Å². The molecule has 21 heavy (non-hydrogen) atoms. The summed E-state index contributed by atoms with van der Waals surface area (Å²) in [6, 6.07) is 10.8. The molecule has 0 aliphatic rings. The van der Waals surface area contributed by atoms with E-state index in [1.165, 1.54) is 18.2 Å². The molecule has 0 unspecified atom stereocenters. The van der Waals surface area contributed by atoms with Gasteiger partial charge in [-0.2, -0.15) is 0 Å². The number of carboxylic acids is 1. The van der Waals surface area contributed by atoms with Crippen LogP contribution in [0.1, 0.15) is 11.1 Å². The minimum Gasteiger partial charge on any atom is -0.478 e. The summed E-state index contributed by atoms with van der Waals surface area (Å²) < 4.78 is 19.3. The van der Waals surface area contributed by atoms with Gasteiger partial charge in [0.15, 0.2) is 11.6 Å². The summed E-state index contributed by atoms with van der Waals surface area (Å²) in [6.45, 7) is -0.0702. The maximum absolute atomic E-state index is 13.9. The topological polar surface area (TPSA) is 66.8 Å². The molecule has 0 radical (unpaired) electrons. The van der Waals surface area contributed by atoms with Gasteiger partial charge in [-0.25, -0.2) is 9.18 Å². The zero-order chi connectivity index (χ0) is 15.2. The van der Waals surface area contributed by atoms with Gasteiger partial charge in [-0.3, -0.25) is 0 Å². The molecule has 2 rings (SSSR count). The van der Waals surface area contributed by atoms with Crippen LogP contribution in [0.15, 0.2) is 48.5 Å². The van der Waals surface area contributed by atoms with Gasteiger partial charge in [-0.15, -0.1) is 0 Å². The second-order valence-electron chi connectivity index (χ2n) is 4.27. The third-order valence-corrected chi connectivity index (χ3v) is 2.71. The minimum atomic E-state index is -1.10. The number of aliphatic hydroxyl groups is 1. The van der Waals surface area contributed by atoms with Crippen molar-refractivity contribution in [3.63, 3.8) is 0 Å². The molecule has 0 aliphatic carbocycles. The zero-order valence-electron chi connectivity index (χ0n) is 11.0. The van der Waals surface area contributed by atoms with Gasteiger partial charge in [0.1, 0.15) is 5.75 Å². The fourth-order valence-electron chi connectivity index (χ4n) is 1.66. The van der Waals surface area contributed by atoms with Crippen LogP contribution >= 0.6 is 0 Å². The number of rotatable bonds is 5. The van der Waals surface area contributed by atoms with E-state index in [2.05, 4.69) is 0 Å². The third-order valence-electron chi connectivity index (χ3n) is 2.71. The quantitative estimate of drug-likeness (QED) is 0.829. The predicted octanol–water partition coefficient (Wildman–Crippen LogP) is 3.21. The Balaban J connectivity index is 2.14. The zero-order valence-corrected chi connectivity index (χ0v) is 11.0. The van der Waals surface area contributed by atoms with Crippen LogP contribution in [0.2, 0.25) is 0 Å². The van der Waals surface area contributed by atoms with Gasteiger partial charge in [0.2, 0.25) is 0 Å². The van der Waals surface area contributed by atoms with Crippen LogP contribution in [0.25, 0.3) is 6.08 Å². The molecular formula is C16H13FO4. The molecule has 0 bridgehead atoms. The number of benzene rings is 2. The lowest BCUT2D eigenvalue weighted by Crippen LogP contribution is -1.91. The Morgan fingerprint density at radius 2 is 1.90 bits per heavy atom. The molecule has 5 heteroatoms. The van der Waals surface area contributed by atoms with Gasteiger partial charge in [-0.05, 0) is 41.5 Å². The van der Waals surface area contributed by atoms with Crippen LogP contribution in [0.4, 0.5) is 4.39 Å². The highest BCUT2D eigenvalue weighted by molar-refractivity contribution is 5.85. The van der Waals surface area contributed by atoms with Crippen LogP contribution < -0.4 is 4.74 Å². The summed E-state index contributed by atoms with van der Waals surface area (Å²) in [6.07, 6.45) is 2.23. The molecule has 0 saturated heterocycles. The Morgan fingerprint density at radius 1 is 1.19 bits per heavy atom. The summed E-state index contributed by atoms with van der Waals surface area (Å²) in [5.41, 5.74) is 1.16. The summed E-state index contributed by atoms with van der Waals surface area (Å²) in [7, 11) is 0. The first-order valence-electron chi connectivity index (χ1n) is 6.16. The number of hydrogen-bond donors (Lipinski definition) is 2. The standard InChI is InChI=1S/C16H13FO4/c17-14-9-11(4-8-16(19)20)3-7-15(14)21-13-5-1-12(10-18)2-6-13/h1-9,18H,10H2,(H,19,20)/b8-4+. The number of aliphatic hydroxyl groups excluding tert-OH is 1. The van der Waals surface area contributed by atoms with Crippen molar-refractivity contribution in [1.82, 2.24) is 0 Å². The lowest BCUT2D eigenvalue weighted by molar-refractivity contribution is -0.131. The molecule has 0 amide bonds. The lowest BCUT2D eigenvalue weighted by atomic mass is 10.2. The summed E-state index contributed by atoms with van der Waals surface area (Å²) >= 11 is 0. The minimum absolute atomic E-state index is 0.0409. The number of aliphatic carboxylic acids is 1. The van der Waals surface area contributed by atoms with E-state index < -0.39 is 11.8 Å². The Bertz CT molecular complexity index is 662. The maximum Gasteiger partial charge on any atom is 0.328 e. The highest BCUT2D eigenvalue weighted by atomic mass is 19.1. The Hall–Kier alpha value is -2.66. The summed E-state index contributed by atoms with van der Waals surface area (Å²) in [5, 5.41) is 17.4. The fraction of sp³-hybridized carbons (Fsp3) is 0.0625. The second-order valence-corrected chi connectivity index (χ2v) is 4.27. The van der Waals surface area contributed by atoms with Gasteiger partial charge < -0.3 is 14.9 Å². The molecule has 2 N–H and O–H groups in total. The Labute approximate surface area is 120 Å². The van der Waals surface area contributed by atoms with Crippen molar-refractivity contribution in [2.45, 2.75) is 6.61 Å². The average Bonchev–Trinajstić information content (AvgIpc) is 2.48. The normalized spacial score (nSPS) is 10.8. The highest BCUT2D eigenvalue weighted by Crippen LogP contribution is 2.25. The second kappa shape index (κ2) is 6.67. The fourth-order valence-corrected chi connectivity index (χ4v) is 1.66. The van der Waals surface area contributed by atoms with Gasteiger partial charge in [0.25, 0.3) is 0 Å². The molecule has 2 aromatic rings. The maximum atomic E-state index is 13.9. The molecule has 108 valence electrons. The molecule has 4 nitrogen and oxygen atoms in total. The number of ether oxygens (including phenoxy) is 1. The van der Waals surface area contributed by atoms with E-state index in [9.17, 15) is 9.18 Å². The lowest BCUT2D eigenvalue weighted by Gasteiger charge is -2.07. The Kier molecular flexibility index (Phi) is 4.68. The smallest absolute Gasteiger partial charge is 0.328 e. The molecule has 0 aromatic heterocycles. The average molecular weight is 288 g/mol. The number of halogens is 1. The molecule has 0 aliphatic heterocycles. The first-order chi connectivity index (χ1) is 10.1. The van der Waals surface area contributed by atoms with Gasteiger partial charge in [0, 0.05) is 6.08 Å². The van der Waals surface area contributed by atoms with Gasteiger partial charge in [-0.1, -0.05) is 18.2 Å². The number of hydrogen-bond acceptors (Lipinski definition) is 3. The van der Waals surface area contributed by atoms with Crippen molar-refractivity contribution in [2.75, 3.05) is 0 Å². The van der Waals surface area contributed by atoms with Crippen molar-refractivity contribution >= 4 is 12.0 Å². The molecule has 0 atom stereocenters. The number of carbonyl (C=O) groups is 1. The first kappa shape index (κ1) is 14.7. The molecule has 0 spiro atoms.